The van der Waals surface area contributed by atoms with Gasteiger partial charge in [0.25, 0.3) is 0 Å². The Morgan fingerprint density at radius 2 is 1.90 bits per heavy atom. The van der Waals surface area contributed by atoms with Gasteiger partial charge in [0.05, 0.1) is 0 Å². The molecule has 2 N–H and O–H groups in total. The van der Waals surface area contributed by atoms with Crippen LogP contribution in [0.3, 0.4) is 0 Å². The van der Waals surface area contributed by atoms with Gasteiger partial charge in [-0.2, -0.15) is 5.10 Å². The fourth-order valence-corrected chi connectivity index (χ4v) is 3.70. The van der Waals surface area contributed by atoms with E-state index in [1.165, 1.54) is 11.1 Å². The summed E-state index contributed by atoms with van der Waals surface area (Å²) in [5, 5.41) is 13.2. The number of carbonyl (C=O) groups is 1. The predicted molar refractivity (Wildman–Crippen MR) is 121 cm³/mol. The van der Waals surface area contributed by atoms with Crippen molar-refractivity contribution in [3.05, 3.63) is 101 Å². The van der Waals surface area contributed by atoms with Gasteiger partial charge >= 0.3 is 5.97 Å². The lowest BCUT2D eigenvalue weighted by Crippen LogP contribution is -2.24. The van der Waals surface area contributed by atoms with Gasteiger partial charge in [0.2, 0.25) is 0 Å². The average molecular weight is 397 g/mol. The highest BCUT2D eigenvalue weighted by Gasteiger charge is 2.21. The fourth-order valence-electron chi connectivity index (χ4n) is 3.70. The molecule has 150 valence electrons. The molecule has 0 bridgehead atoms. The summed E-state index contributed by atoms with van der Waals surface area (Å²) in [6.45, 7) is 2.85. The minimum atomic E-state index is -0.954. The zero-order valence-corrected chi connectivity index (χ0v) is 16.7. The highest BCUT2D eigenvalue weighted by atomic mass is 16.4. The smallest absolute Gasteiger partial charge is 0.328 e. The second-order valence-electron chi connectivity index (χ2n) is 7.04. The molecular formula is C25H23N3O2. The van der Waals surface area contributed by atoms with Gasteiger partial charge in [-0.25, -0.2) is 4.79 Å². The summed E-state index contributed by atoms with van der Waals surface area (Å²) in [5.74, 6) is -0.0560. The number of hydrogen-bond donors (Lipinski definition) is 2. The van der Waals surface area contributed by atoms with Gasteiger partial charge in [0.1, 0.15) is 6.67 Å². The van der Waals surface area contributed by atoms with Crippen LogP contribution in [0.4, 0.5) is 0 Å². The van der Waals surface area contributed by atoms with Crippen molar-refractivity contribution in [3.8, 4) is 0 Å². The molecule has 0 fully saturated rings. The van der Waals surface area contributed by atoms with E-state index in [2.05, 4.69) is 65.0 Å². The van der Waals surface area contributed by atoms with E-state index < -0.39 is 5.97 Å². The summed E-state index contributed by atoms with van der Waals surface area (Å²) in [6.07, 6.45) is 9.91. The number of nitrogens with zero attached hydrogens (tertiary/aromatic N) is 2. The predicted octanol–water partition coefficient (Wildman–Crippen LogP) is 4.74. The van der Waals surface area contributed by atoms with Gasteiger partial charge in [-0.15, -0.1) is 0 Å². The molecule has 4 rings (SSSR count). The molecule has 0 atom stereocenters. The lowest BCUT2D eigenvalue weighted by Gasteiger charge is -2.22. The Morgan fingerprint density at radius 3 is 2.60 bits per heavy atom. The molecule has 0 aliphatic carbocycles. The van der Waals surface area contributed by atoms with Crippen molar-refractivity contribution in [2.75, 3.05) is 6.67 Å². The van der Waals surface area contributed by atoms with E-state index in [-0.39, 0.29) is 0 Å². The lowest BCUT2D eigenvalue weighted by atomic mass is 9.86. The van der Waals surface area contributed by atoms with Crippen molar-refractivity contribution in [1.29, 1.82) is 0 Å². The monoisotopic (exact) mass is 397 g/mol. The molecule has 2 aromatic rings. The number of allylic oxidation sites excluding steroid dienone is 4. The van der Waals surface area contributed by atoms with E-state index >= 15 is 0 Å². The number of hydrazone groups is 1. The second kappa shape index (κ2) is 8.66. The standard InChI is InChI=1S/C25H23N3O2/c1-2-22(19-6-4-3-5-7-19)25(21-14-15-28-17-26-27-23(28)16-21)20-11-8-18(9-12-20)10-13-24(29)30/h3-16,26H,2,17H2,1H3,(H,29,30)/b13-10+,25-22+. The third-order valence-electron chi connectivity index (χ3n) is 5.13. The number of aliphatic carboxylic acids is 1. The number of nitrogens with one attached hydrogen (secondary N) is 1. The van der Waals surface area contributed by atoms with Crippen LogP contribution in [-0.4, -0.2) is 28.5 Å². The van der Waals surface area contributed by atoms with Crippen molar-refractivity contribution in [1.82, 2.24) is 10.3 Å². The first-order chi connectivity index (χ1) is 14.7. The highest BCUT2D eigenvalue weighted by Crippen LogP contribution is 2.36. The molecule has 0 unspecified atom stereocenters. The minimum Gasteiger partial charge on any atom is -0.478 e. The van der Waals surface area contributed by atoms with Crippen LogP contribution < -0.4 is 5.43 Å². The van der Waals surface area contributed by atoms with E-state index in [0.29, 0.717) is 6.67 Å². The molecule has 0 saturated heterocycles. The zero-order valence-electron chi connectivity index (χ0n) is 16.7. The lowest BCUT2D eigenvalue weighted by molar-refractivity contribution is -0.131. The zero-order chi connectivity index (χ0) is 20.9. The summed E-state index contributed by atoms with van der Waals surface area (Å²) in [7, 11) is 0. The Bertz CT molecular complexity index is 1090. The van der Waals surface area contributed by atoms with Crippen LogP contribution in [0.25, 0.3) is 17.2 Å². The van der Waals surface area contributed by atoms with Crippen LogP contribution in [0.15, 0.2) is 89.7 Å². The van der Waals surface area contributed by atoms with Crippen molar-refractivity contribution in [3.63, 3.8) is 0 Å². The van der Waals surface area contributed by atoms with Crippen LogP contribution in [0, 0.1) is 0 Å². The van der Waals surface area contributed by atoms with Crippen molar-refractivity contribution >= 4 is 29.0 Å². The third-order valence-corrected chi connectivity index (χ3v) is 5.13. The van der Waals surface area contributed by atoms with Crippen LogP contribution in [0.2, 0.25) is 0 Å². The maximum atomic E-state index is 10.8. The first-order valence-corrected chi connectivity index (χ1v) is 9.93. The normalized spacial score (nSPS) is 16.0. The Morgan fingerprint density at radius 1 is 1.13 bits per heavy atom. The Hall–Kier alpha value is -3.86. The van der Waals surface area contributed by atoms with E-state index in [9.17, 15) is 4.79 Å². The molecule has 0 spiro atoms. The molecule has 30 heavy (non-hydrogen) atoms. The molecule has 0 amide bonds. The highest BCUT2D eigenvalue weighted by molar-refractivity contribution is 6.06. The molecular weight excluding hydrogens is 374 g/mol. The number of benzene rings is 2. The number of amidine groups is 1. The van der Waals surface area contributed by atoms with Gasteiger partial charge in [-0.3, -0.25) is 5.43 Å². The fraction of sp³-hybridized carbons (Fsp3) is 0.120. The number of carboxylic acid groups (broad SMARTS) is 1. The topological polar surface area (TPSA) is 64.9 Å². The maximum absolute atomic E-state index is 10.8. The van der Waals surface area contributed by atoms with Crippen LogP contribution in [0.5, 0.6) is 0 Å². The Balaban J connectivity index is 1.83. The number of carboxylic acids is 1. The first kappa shape index (κ1) is 19.5. The van der Waals surface area contributed by atoms with Crippen molar-refractivity contribution < 1.29 is 9.90 Å². The minimum absolute atomic E-state index is 0.679. The van der Waals surface area contributed by atoms with Gasteiger partial charge in [-0.1, -0.05) is 61.5 Å². The van der Waals surface area contributed by atoms with Crippen molar-refractivity contribution in [2.24, 2.45) is 5.10 Å². The second-order valence-corrected chi connectivity index (χ2v) is 7.04. The molecule has 2 aromatic carbocycles. The first-order valence-electron chi connectivity index (χ1n) is 9.93. The van der Waals surface area contributed by atoms with E-state index in [0.717, 1.165) is 40.6 Å². The van der Waals surface area contributed by atoms with Gasteiger partial charge in [0, 0.05) is 12.3 Å². The maximum Gasteiger partial charge on any atom is 0.328 e. The van der Waals surface area contributed by atoms with E-state index in [4.69, 9.17) is 5.11 Å². The van der Waals surface area contributed by atoms with E-state index in [1.807, 2.05) is 30.3 Å². The number of fused-ring (bicyclic) bond motifs is 1. The molecule has 5 nitrogen and oxygen atoms in total. The Labute approximate surface area is 176 Å². The summed E-state index contributed by atoms with van der Waals surface area (Å²) >= 11 is 0. The van der Waals surface area contributed by atoms with Crippen LogP contribution >= 0.6 is 0 Å². The summed E-state index contributed by atoms with van der Waals surface area (Å²) in [6, 6.07) is 18.4. The van der Waals surface area contributed by atoms with Crippen LogP contribution in [0.1, 0.15) is 30.0 Å². The largest absolute Gasteiger partial charge is 0.478 e. The third kappa shape index (κ3) is 4.10. The quantitative estimate of drug-likeness (QED) is 0.546. The molecule has 2 aliphatic rings. The van der Waals surface area contributed by atoms with Gasteiger partial charge < -0.3 is 10.0 Å². The number of hydrogen-bond acceptors (Lipinski definition) is 4. The summed E-state index contributed by atoms with van der Waals surface area (Å²) in [4.78, 5) is 12.9. The molecule has 5 heteroatoms. The molecule has 0 aromatic heterocycles. The molecule has 0 saturated carbocycles. The van der Waals surface area contributed by atoms with E-state index in [1.54, 1.807) is 6.08 Å². The molecule has 2 aliphatic heterocycles. The molecule has 2 heterocycles. The Kier molecular flexibility index (Phi) is 5.61. The summed E-state index contributed by atoms with van der Waals surface area (Å²) in [5.41, 5.74) is 9.64. The summed E-state index contributed by atoms with van der Waals surface area (Å²) < 4.78 is 0. The molecule has 0 radical (unpaired) electrons. The SMILES string of the molecule is CC/C(=C(\C1=CC2=NNCN2C=C1)c1ccc(/C=C/C(=O)O)cc1)c1ccccc1. The number of rotatable bonds is 6. The van der Waals surface area contributed by atoms with Crippen molar-refractivity contribution in [2.45, 2.75) is 13.3 Å². The van der Waals surface area contributed by atoms with Gasteiger partial charge in [-0.05, 0) is 58.1 Å². The average Bonchev–Trinajstić information content (AvgIpc) is 3.25. The van der Waals surface area contributed by atoms with Gasteiger partial charge in [0.15, 0.2) is 5.84 Å². The van der Waals surface area contributed by atoms with Crippen LogP contribution in [-0.2, 0) is 4.79 Å².